The van der Waals surface area contributed by atoms with Crippen molar-refractivity contribution in [2.45, 2.75) is 65.2 Å². The summed E-state index contributed by atoms with van der Waals surface area (Å²) in [7, 11) is 0. The first kappa shape index (κ1) is 19.5. The summed E-state index contributed by atoms with van der Waals surface area (Å²) in [6.07, 6.45) is 12.0. The van der Waals surface area contributed by atoms with Gasteiger partial charge in [0.15, 0.2) is 0 Å². The highest BCUT2D eigenvalue weighted by atomic mass is 16.5. The Morgan fingerprint density at radius 2 is 1.63 bits per heavy atom. The Morgan fingerprint density at radius 3 is 2.41 bits per heavy atom. The average Bonchev–Trinajstić information content (AvgIpc) is 3.13. The molecular weight excluding hydrogens is 332 g/mol. The molecule has 3 heteroatoms. The number of unbranched alkanes of at least 4 members (excludes halogenated alkanes) is 5. The molecule has 27 heavy (non-hydrogen) atoms. The molecule has 0 aliphatic heterocycles. The second kappa shape index (κ2) is 10.1. The summed E-state index contributed by atoms with van der Waals surface area (Å²) in [5, 5.41) is 5.83. The molecule has 0 aliphatic rings. The number of benzene rings is 2. The quantitative estimate of drug-likeness (QED) is 0.353. The first-order chi connectivity index (χ1) is 13.3. The average molecular weight is 365 g/mol. The number of aryl methyl sites for hydroxylation is 1. The highest BCUT2D eigenvalue weighted by Crippen LogP contribution is 2.22. The Bertz CT molecular complexity index is 820. The second-order valence-electron chi connectivity index (χ2n) is 7.33. The zero-order chi connectivity index (χ0) is 18.9. The molecule has 1 aromatic heterocycles. The summed E-state index contributed by atoms with van der Waals surface area (Å²) >= 11 is 0. The monoisotopic (exact) mass is 364 g/mol. The lowest BCUT2D eigenvalue weighted by Gasteiger charge is -2.05. The summed E-state index contributed by atoms with van der Waals surface area (Å²) in [4.78, 5) is 0. The van der Waals surface area contributed by atoms with Crippen LogP contribution < -0.4 is 4.74 Å². The van der Waals surface area contributed by atoms with Gasteiger partial charge in [0.2, 0.25) is 0 Å². The van der Waals surface area contributed by atoms with E-state index in [1.54, 1.807) is 0 Å². The summed E-state index contributed by atoms with van der Waals surface area (Å²) in [6, 6.07) is 14.9. The minimum absolute atomic E-state index is 0.794. The lowest BCUT2D eigenvalue weighted by Crippen LogP contribution is -1.96. The third-order valence-electron chi connectivity index (χ3n) is 5.01. The molecule has 144 valence electrons. The van der Waals surface area contributed by atoms with Gasteiger partial charge in [-0.25, -0.2) is 4.68 Å². The topological polar surface area (TPSA) is 27.1 Å². The van der Waals surface area contributed by atoms with Crippen LogP contribution in [-0.2, 0) is 6.42 Å². The number of ether oxygens (including phenoxy) is 1. The first-order valence-corrected chi connectivity index (χ1v) is 10.5. The molecule has 2 aromatic carbocycles. The molecular formula is C24H32N2O. The van der Waals surface area contributed by atoms with Gasteiger partial charge in [0, 0.05) is 11.6 Å². The number of rotatable bonds is 11. The van der Waals surface area contributed by atoms with E-state index in [0.717, 1.165) is 41.8 Å². The lowest BCUT2D eigenvalue weighted by atomic mass is 10.1. The Hall–Kier alpha value is -2.29. The van der Waals surface area contributed by atoms with Crippen LogP contribution in [0.2, 0.25) is 0 Å². The van der Waals surface area contributed by atoms with Crippen LogP contribution >= 0.6 is 0 Å². The molecule has 3 aromatic rings. The van der Waals surface area contributed by atoms with Crippen molar-refractivity contribution in [2.24, 2.45) is 0 Å². The molecule has 0 amide bonds. The zero-order valence-electron chi connectivity index (χ0n) is 16.8. The van der Waals surface area contributed by atoms with Crippen molar-refractivity contribution < 1.29 is 4.74 Å². The van der Waals surface area contributed by atoms with Gasteiger partial charge in [-0.05, 0) is 55.2 Å². The van der Waals surface area contributed by atoms with Crippen LogP contribution in [0.5, 0.6) is 5.75 Å². The van der Waals surface area contributed by atoms with Crippen molar-refractivity contribution in [3.63, 3.8) is 0 Å². The summed E-state index contributed by atoms with van der Waals surface area (Å²) in [5.41, 5.74) is 3.50. The van der Waals surface area contributed by atoms with Crippen LogP contribution in [0.4, 0.5) is 0 Å². The number of fused-ring (bicyclic) bond motifs is 1. The van der Waals surface area contributed by atoms with E-state index in [2.05, 4.69) is 50.4 Å². The molecule has 0 radical (unpaired) electrons. The summed E-state index contributed by atoms with van der Waals surface area (Å²) in [5.74, 6) is 0.937. The van der Waals surface area contributed by atoms with E-state index in [1.807, 2.05) is 16.8 Å². The zero-order valence-corrected chi connectivity index (χ0v) is 16.8. The van der Waals surface area contributed by atoms with Crippen molar-refractivity contribution in [3.8, 4) is 11.4 Å². The number of hydrogen-bond acceptors (Lipinski definition) is 2. The fourth-order valence-electron chi connectivity index (χ4n) is 3.32. The van der Waals surface area contributed by atoms with Gasteiger partial charge in [-0.2, -0.15) is 5.10 Å². The molecule has 1 heterocycles. The molecule has 0 spiro atoms. The number of aromatic nitrogens is 2. The van der Waals surface area contributed by atoms with Crippen LogP contribution in [0, 0.1) is 0 Å². The van der Waals surface area contributed by atoms with Crippen LogP contribution in [0.25, 0.3) is 16.6 Å². The number of nitrogens with zero attached hydrogens (tertiary/aromatic N) is 2. The lowest BCUT2D eigenvalue weighted by molar-refractivity contribution is 0.305. The number of hydrogen-bond donors (Lipinski definition) is 0. The minimum atomic E-state index is 0.794. The predicted octanol–water partition coefficient (Wildman–Crippen LogP) is 6.72. The van der Waals surface area contributed by atoms with Crippen molar-refractivity contribution in [2.75, 3.05) is 6.61 Å². The molecule has 3 nitrogen and oxygen atoms in total. The molecule has 0 atom stereocenters. The molecule has 0 bridgehead atoms. The minimum Gasteiger partial charge on any atom is -0.494 e. The van der Waals surface area contributed by atoms with E-state index in [9.17, 15) is 0 Å². The predicted molar refractivity (Wildman–Crippen MR) is 114 cm³/mol. The molecule has 0 unspecified atom stereocenters. The second-order valence-corrected chi connectivity index (χ2v) is 7.33. The van der Waals surface area contributed by atoms with Crippen molar-refractivity contribution in [3.05, 3.63) is 54.2 Å². The molecule has 0 saturated carbocycles. The Labute approximate surface area is 163 Å². The molecule has 0 saturated heterocycles. The highest BCUT2D eigenvalue weighted by Gasteiger charge is 2.05. The molecule has 0 fully saturated rings. The molecule has 0 N–H and O–H groups in total. The van der Waals surface area contributed by atoms with Gasteiger partial charge in [-0.15, -0.1) is 0 Å². The fraction of sp³-hybridized carbons (Fsp3) is 0.458. The van der Waals surface area contributed by atoms with Crippen molar-refractivity contribution in [1.82, 2.24) is 9.78 Å². The SMILES string of the molecule is CCCCCCCOc1ccc2nn(-c3ccc(CCCC)cc3)cc2c1. The third kappa shape index (κ3) is 5.59. The fourth-order valence-corrected chi connectivity index (χ4v) is 3.32. The largest absolute Gasteiger partial charge is 0.494 e. The van der Waals surface area contributed by atoms with E-state index in [4.69, 9.17) is 9.84 Å². The van der Waals surface area contributed by atoms with Gasteiger partial charge in [-0.1, -0.05) is 58.1 Å². The van der Waals surface area contributed by atoms with Crippen molar-refractivity contribution in [1.29, 1.82) is 0 Å². The van der Waals surface area contributed by atoms with Gasteiger partial charge < -0.3 is 4.74 Å². The normalized spacial score (nSPS) is 11.2. The van der Waals surface area contributed by atoms with E-state index >= 15 is 0 Å². The third-order valence-corrected chi connectivity index (χ3v) is 5.01. The molecule has 3 rings (SSSR count). The Balaban J connectivity index is 1.61. The van der Waals surface area contributed by atoms with Gasteiger partial charge in [0.25, 0.3) is 0 Å². The maximum atomic E-state index is 5.93. The van der Waals surface area contributed by atoms with Crippen molar-refractivity contribution >= 4 is 10.9 Å². The standard InChI is InChI=1S/C24H32N2O/c1-3-5-7-8-9-17-27-23-15-16-24-21(18-23)19-26(25-24)22-13-11-20(12-14-22)10-6-4-2/h11-16,18-19H,3-10,17H2,1-2H3. The van der Waals surface area contributed by atoms with Crippen LogP contribution in [0.1, 0.15) is 64.4 Å². The maximum absolute atomic E-state index is 5.93. The van der Waals surface area contributed by atoms with Gasteiger partial charge in [0.1, 0.15) is 5.75 Å². The first-order valence-electron chi connectivity index (χ1n) is 10.5. The summed E-state index contributed by atoms with van der Waals surface area (Å²) < 4.78 is 7.89. The summed E-state index contributed by atoms with van der Waals surface area (Å²) in [6.45, 7) is 5.27. The smallest absolute Gasteiger partial charge is 0.120 e. The van der Waals surface area contributed by atoms with Crippen LogP contribution in [0.3, 0.4) is 0 Å². The Kier molecular flexibility index (Phi) is 7.32. The van der Waals surface area contributed by atoms with Gasteiger partial charge in [0.05, 0.1) is 17.8 Å². The highest BCUT2D eigenvalue weighted by molar-refractivity contribution is 5.80. The van der Waals surface area contributed by atoms with E-state index in [-0.39, 0.29) is 0 Å². The van der Waals surface area contributed by atoms with Crippen LogP contribution in [0.15, 0.2) is 48.7 Å². The molecule has 0 aliphatic carbocycles. The van der Waals surface area contributed by atoms with Gasteiger partial charge >= 0.3 is 0 Å². The van der Waals surface area contributed by atoms with Gasteiger partial charge in [-0.3, -0.25) is 0 Å². The van der Waals surface area contributed by atoms with E-state index in [0.29, 0.717) is 0 Å². The van der Waals surface area contributed by atoms with E-state index in [1.165, 1.54) is 44.1 Å². The van der Waals surface area contributed by atoms with E-state index < -0.39 is 0 Å². The maximum Gasteiger partial charge on any atom is 0.120 e. The van der Waals surface area contributed by atoms with Crippen LogP contribution in [-0.4, -0.2) is 16.4 Å². The Morgan fingerprint density at radius 1 is 0.852 bits per heavy atom.